The number of nitrogens with zero attached hydrogens (tertiary/aromatic N) is 4. The molecule has 1 amide bonds. The maximum atomic E-state index is 13.3. The molecule has 0 radical (unpaired) electrons. The maximum absolute atomic E-state index is 13.3. The average molecular weight is 423 g/mol. The lowest BCUT2D eigenvalue weighted by Gasteiger charge is -2.10. The van der Waals surface area contributed by atoms with E-state index >= 15 is 0 Å². The molecule has 0 spiro atoms. The lowest BCUT2D eigenvalue weighted by atomic mass is 10.3. The Morgan fingerprint density at radius 2 is 2.04 bits per heavy atom. The molecule has 3 aromatic rings. The van der Waals surface area contributed by atoms with E-state index in [4.69, 9.17) is 28.5 Å². The first-order chi connectivity index (χ1) is 13.3. The number of aromatic amines is 1. The topological polar surface area (TPSA) is 126 Å². The van der Waals surface area contributed by atoms with Crippen LogP contribution in [0, 0.1) is 17.1 Å². The molecule has 0 unspecified atom stereocenters. The van der Waals surface area contributed by atoms with Crippen LogP contribution in [0.15, 0.2) is 40.1 Å². The largest absolute Gasteiger partial charge is 0.328 e. The van der Waals surface area contributed by atoms with Crippen molar-refractivity contribution in [2.75, 3.05) is 5.32 Å². The summed E-state index contributed by atoms with van der Waals surface area (Å²) in [6, 6.07) is 7.71. The molecule has 2 heterocycles. The molecule has 142 valence electrons. The van der Waals surface area contributed by atoms with E-state index in [1.165, 1.54) is 22.9 Å². The number of hydrogen-bond donors (Lipinski definition) is 2. The predicted molar refractivity (Wildman–Crippen MR) is 98.2 cm³/mol. The monoisotopic (exact) mass is 422 g/mol. The van der Waals surface area contributed by atoms with E-state index in [1.54, 1.807) is 11.1 Å². The SMILES string of the molecule is N#Cc1cc(NC(=O)Cn2cc(F)c(=O)[nH]c2=O)n(-c2ccc(Cl)c(Cl)c2)n1. The van der Waals surface area contributed by atoms with Crippen molar-refractivity contribution in [3.63, 3.8) is 0 Å². The van der Waals surface area contributed by atoms with Crippen LogP contribution in [-0.4, -0.2) is 25.2 Å². The number of aromatic nitrogens is 4. The molecule has 0 atom stereocenters. The van der Waals surface area contributed by atoms with Gasteiger partial charge in [-0.3, -0.25) is 19.1 Å². The number of carbonyl (C=O) groups is 1. The van der Waals surface area contributed by atoms with Gasteiger partial charge in [0.1, 0.15) is 18.4 Å². The van der Waals surface area contributed by atoms with Crippen molar-refractivity contribution >= 4 is 34.9 Å². The molecule has 2 aromatic heterocycles. The van der Waals surface area contributed by atoms with Crippen LogP contribution in [0.1, 0.15) is 5.69 Å². The van der Waals surface area contributed by atoms with Gasteiger partial charge >= 0.3 is 5.69 Å². The van der Waals surface area contributed by atoms with E-state index in [1.807, 2.05) is 6.07 Å². The molecule has 2 N–H and O–H groups in total. The van der Waals surface area contributed by atoms with Gasteiger partial charge in [-0.1, -0.05) is 23.2 Å². The van der Waals surface area contributed by atoms with E-state index < -0.39 is 29.5 Å². The highest BCUT2D eigenvalue weighted by atomic mass is 35.5. The third-order valence-electron chi connectivity index (χ3n) is 3.52. The summed E-state index contributed by atoms with van der Waals surface area (Å²) in [5, 5.41) is 16.1. The van der Waals surface area contributed by atoms with Gasteiger partial charge < -0.3 is 5.32 Å². The van der Waals surface area contributed by atoms with Crippen molar-refractivity contribution in [1.29, 1.82) is 5.26 Å². The van der Waals surface area contributed by atoms with Crippen molar-refractivity contribution < 1.29 is 9.18 Å². The molecule has 0 fully saturated rings. The van der Waals surface area contributed by atoms with Crippen LogP contribution in [0.25, 0.3) is 5.69 Å². The molecular weight excluding hydrogens is 414 g/mol. The Balaban J connectivity index is 1.91. The lowest BCUT2D eigenvalue weighted by Crippen LogP contribution is -2.34. The van der Waals surface area contributed by atoms with E-state index in [9.17, 15) is 18.8 Å². The second-order valence-electron chi connectivity index (χ2n) is 5.45. The van der Waals surface area contributed by atoms with Gasteiger partial charge in [0.25, 0.3) is 5.56 Å². The highest BCUT2D eigenvalue weighted by Crippen LogP contribution is 2.26. The smallest absolute Gasteiger partial charge is 0.309 e. The summed E-state index contributed by atoms with van der Waals surface area (Å²) in [4.78, 5) is 36.7. The molecule has 9 nitrogen and oxygen atoms in total. The molecule has 28 heavy (non-hydrogen) atoms. The number of hydrogen-bond acceptors (Lipinski definition) is 5. The summed E-state index contributed by atoms with van der Waals surface area (Å²) in [6.07, 6.45) is 0.623. The Kier molecular flexibility index (Phi) is 5.30. The molecule has 0 aliphatic heterocycles. The molecule has 0 bridgehead atoms. The second-order valence-corrected chi connectivity index (χ2v) is 6.26. The number of nitriles is 1. The summed E-state index contributed by atoms with van der Waals surface area (Å²) in [5.41, 5.74) is -1.71. The summed E-state index contributed by atoms with van der Waals surface area (Å²) in [5.74, 6) is -1.82. The van der Waals surface area contributed by atoms with Crippen molar-refractivity contribution in [3.8, 4) is 11.8 Å². The van der Waals surface area contributed by atoms with E-state index in [0.717, 1.165) is 0 Å². The first kappa shape index (κ1) is 19.3. The quantitative estimate of drug-likeness (QED) is 0.661. The number of amides is 1. The van der Waals surface area contributed by atoms with Gasteiger partial charge in [-0.25, -0.2) is 9.48 Å². The van der Waals surface area contributed by atoms with Crippen molar-refractivity contribution in [2.24, 2.45) is 0 Å². The second kappa shape index (κ2) is 7.67. The number of anilines is 1. The van der Waals surface area contributed by atoms with Gasteiger partial charge in [-0.2, -0.15) is 14.8 Å². The van der Waals surface area contributed by atoms with Crippen LogP contribution < -0.4 is 16.6 Å². The number of rotatable bonds is 4. The third kappa shape index (κ3) is 3.95. The van der Waals surface area contributed by atoms with E-state index in [2.05, 4.69) is 10.4 Å². The Labute approximate surface area is 165 Å². The van der Waals surface area contributed by atoms with Gasteiger partial charge in [-0.15, -0.1) is 0 Å². The zero-order valence-corrected chi connectivity index (χ0v) is 15.3. The molecule has 0 aliphatic carbocycles. The van der Waals surface area contributed by atoms with Crippen LogP contribution in [0.3, 0.4) is 0 Å². The van der Waals surface area contributed by atoms with Crippen molar-refractivity contribution in [1.82, 2.24) is 19.3 Å². The summed E-state index contributed by atoms with van der Waals surface area (Å²) in [7, 11) is 0. The third-order valence-corrected chi connectivity index (χ3v) is 4.26. The first-order valence-corrected chi connectivity index (χ1v) is 8.29. The lowest BCUT2D eigenvalue weighted by molar-refractivity contribution is -0.116. The van der Waals surface area contributed by atoms with Crippen LogP contribution >= 0.6 is 23.2 Å². The molecule has 12 heteroatoms. The Morgan fingerprint density at radius 3 is 2.71 bits per heavy atom. The number of benzene rings is 1. The Morgan fingerprint density at radius 1 is 1.29 bits per heavy atom. The van der Waals surface area contributed by atoms with Gasteiger partial charge in [-0.05, 0) is 18.2 Å². The van der Waals surface area contributed by atoms with Crippen molar-refractivity contribution in [2.45, 2.75) is 6.54 Å². The minimum Gasteiger partial charge on any atom is -0.309 e. The van der Waals surface area contributed by atoms with Crippen LogP contribution in [0.2, 0.25) is 10.0 Å². The van der Waals surface area contributed by atoms with Gasteiger partial charge in [0, 0.05) is 6.07 Å². The Hall–Kier alpha value is -3.42. The standard InChI is InChI=1S/C16H9Cl2FN6O3/c17-10-2-1-9(4-11(10)18)25-13(3-8(5-20)23-25)21-14(26)7-24-6-12(19)15(27)22-16(24)28/h1-4,6H,7H2,(H,21,26)(H,22,27,28). The fourth-order valence-corrected chi connectivity index (χ4v) is 2.57. The fourth-order valence-electron chi connectivity index (χ4n) is 2.28. The van der Waals surface area contributed by atoms with Crippen LogP contribution in [0.4, 0.5) is 10.2 Å². The van der Waals surface area contributed by atoms with E-state index in [-0.39, 0.29) is 16.5 Å². The van der Waals surface area contributed by atoms with Crippen molar-refractivity contribution in [3.05, 3.63) is 72.9 Å². The molecule has 0 aliphatic rings. The molecule has 0 saturated carbocycles. The average Bonchev–Trinajstić information content (AvgIpc) is 3.04. The van der Waals surface area contributed by atoms with E-state index in [0.29, 0.717) is 21.5 Å². The number of halogens is 3. The van der Waals surface area contributed by atoms with Gasteiger partial charge in [0.2, 0.25) is 11.7 Å². The molecule has 0 saturated heterocycles. The summed E-state index contributed by atoms with van der Waals surface area (Å²) in [6.45, 7) is -0.582. The minimum absolute atomic E-state index is 0.00799. The zero-order chi connectivity index (χ0) is 20.4. The normalized spacial score (nSPS) is 10.5. The first-order valence-electron chi connectivity index (χ1n) is 7.53. The number of nitrogens with one attached hydrogen (secondary N) is 2. The van der Waals surface area contributed by atoms with Crippen LogP contribution in [0.5, 0.6) is 0 Å². The highest BCUT2D eigenvalue weighted by molar-refractivity contribution is 6.42. The van der Waals surface area contributed by atoms with Crippen LogP contribution in [-0.2, 0) is 11.3 Å². The summed E-state index contributed by atoms with van der Waals surface area (Å²) < 4.78 is 15.3. The molecule has 1 aromatic carbocycles. The molecular formula is C16H9Cl2FN6O3. The van der Waals surface area contributed by atoms with Gasteiger partial charge in [0.15, 0.2) is 5.69 Å². The molecule has 3 rings (SSSR count). The zero-order valence-electron chi connectivity index (χ0n) is 13.7. The predicted octanol–water partition coefficient (Wildman–Crippen LogP) is 1.68. The van der Waals surface area contributed by atoms with Gasteiger partial charge in [0.05, 0.1) is 21.9 Å². The Bertz CT molecular complexity index is 1240. The maximum Gasteiger partial charge on any atom is 0.328 e. The minimum atomic E-state index is -1.21. The summed E-state index contributed by atoms with van der Waals surface area (Å²) >= 11 is 11.9. The highest BCUT2D eigenvalue weighted by Gasteiger charge is 2.15. The fraction of sp³-hybridized carbons (Fsp3) is 0.0625. The number of H-pyrrole nitrogens is 1. The number of carbonyl (C=O) groups excluding carboxylic acids is 1.